The highest BCUT2D eigenvalue weighted by Gasteiger charge is 2.32. The molecule has 1 aromatic rings. The predicted molar refractivity (Wildman–Crippen MR) is 62.1 cm³/mol. The van der Waals surface area contributed by atoms with Crippen molar-refractivity contribution < 1.29 is 13.9 Å². The standard InChI is InChI=1S/C12H15FN2O2/c1-12(4-5-17-7-12)15-11(16)9-3-2-8(14)6-10(9)13/h2-3,6H,4-5,7,14H2,1H3,(H,15,16). The molecule has 4 nitrogen and oxygen atoms in total. The molecule has 0 radical (unpaired) electrons. The van der Waals surface area contributed by atoms with Crippen LogP contribution in [-0.4, -0.2) is 24.7 Å². The molecule has 0 bridgehead atoms. The summed E-state index contributed by atoms with van der Waals surface area (Å²) in [7, 11) is 0. The Kier molecular flexibility index (Phi) is 3.02. The number of benzene rings is 1. The van der Waals surface area contributed by atoms with E-state index in [1.807, 2.05) is 6.92 Å². The third-order valence-electron chi connectivity index (χ3n) is 2.87. The molecule has 1 aliphatic heterocycles. The molecule has 2 rings (SSSR count). The molecule has 1 saturated heterocycles. The molecular weight excluding hydrogens is 223 g/mol. The van der Waals surface area contributed by atoms with Gasteiger partial charge in [0.05, 0.1) is 17.7 Å². The first-order chi connectivity index (χ1) is 8.00. The average Bonchev–Trinajstić information content (AvgIpc) is 2.64. The van der Waals surface area contributed by atoms with Gasteiger partial charge in [0.25, 0.3) is 5.91 Å². The zero-order valence-electron chi connectivity index (χ0n) is 9.63. The summed E-state index contributed by atoms with van der Waals surface area (Å²) < 4.78 is 18.7. The van der Waals surface area contributed by atoms with Crippen LogP contribution in [0.1, 0.15) is 23.7 Å². The Balaban J connectivity index is 2.14. The summed E-state index contributed by atoms with van der Waals surface area (Å²) in [5.74, 6) is -1.04. The van der Waals surface area contributed by atoms with Crippen LogP contribution < -0.4 is 11.1 Å². The van der Waals surface area contributed by atoms with Crippen LogP contribution in [-0.2, 0) is 4.74 Å². The van der Waals surface area contributed by atoms with Gasteiger partial charge in [-0.1, -0.05) is 0 Å². The van der Waals surface area contributed by atoms with Crippen molar-refractivity contribution in [2.24, 2.45) is 0 Å². The second kappa shape index (κ2) is 4.33. The number of ether oxygens (including phenoxy) is 1. The molecule has 1 heterocycles. The molecule has 17 heavy (non-hydrogen) atoms. The lowest BCUT2D eigenvalue weighted by Crippen LogP contribution is -2.46. The fraction of sp³-hybridized carbons (Fsp3) is 0.417. The molecule has 1 unspecified atom stereocenters. The highest BCUT2D eigenvalue weighted by Crippen LogP contribution is 2.19. The highest BCUT2D eigenvalue weighted by molar-refractivity contribution is 5.95. The number of amides is 1. The Bertz CT molecular complexity index is 442. The molecule has 0 aromatic heterocycles. The van der Waals surface area contributed by atoms with Crippen molar-refractivity contribution in [2.45, 2.75) is 18.9 Å². The fourth-order valence-corrected chi connectivity index (χ4v) is 1.82. The van der Waals surface area contributed by atoms with Crippen LogP contribution in [0.4, 0.5) is 10.1 Å². The van der Waals surface area contributed by atoms with E-state index in [1.165, 1.54) is 12.1 Å². The van der Waals surface area contributed by atoms with Gasteiger partial charge >= 0.3 is 0 Å². The Morgan fingerprint density at radius 2 is 2.35 bits per heavy atom. The van der Waals surface area contributed by atoms with Crippen LogP contribution in [0, 0.1) is 5.82 Å². The first-order valence-corrected chi connectivity index (χ1v) is 5.45. The van der Waals surface area contributed by atoms with Crippen molar-refractivity contribution in [3.63, 3.8) is 0 Å². The second-order valence-electron chi connectivity index (χ2n) is 4.56. The third-order valence-corrected chi connectivity index (χ3v) is 2.87. The maximum atomic E-state index is 13.5. The van der Waals surface area contributed by atoms with Crippen LogP contribution in [0.3, 0.4) is 0 Å². The Morgan fingerprint density at radius 1 is 1.59 bits per heavy atom. The zero-order valence-corrected chi connectivity index (χ0v) is 9.63. The first-order valence-electron chi connectivity index (χ1n) is 5.45. The van der Waals surface area contributed by atoms with Gasteiger partial charge in [-0.25, -0.2) is 4.39 Å². The number of nitrogen functional groups attached to an aromatic ring is 1. The lowest BCUT2D eigenvalue weighted by atomic mass is 10.0. The summed E-state index contributed by atoms with van der Waals surface area (Å²) in [6, 6.07) is 4.03. The molecule has 1 amide bonds. The SMILES string of the molecule is CC1(NC(=O)c2ccc(N)cc2F)CCOC1. The molecule has 5 heteroatoms. The van der Waals surface area contributed by atoms with Gasteiger partial charge in [-0.05, 0) is 31.5 Å². The molecule has 3 N–H and O–H groups in total. The zero-order chi connectivity index (χ0) is 12.5. The Morgan fingerprint density at radius 3 is 2.94 bits per heavy atom. The van der Waals surface area contributed by atoms with Crippen LogP contribution in [0.5, 0.6) is 0 Å². The summed E-state index contributed by atoms with van der Waals surface area (Å²) >= 11 is 0. The minimum Gasteiger partial charge on any atom is -0.399 e. The molecule has 0 spiro atoms. The van der Waals surface area contributed by atoms with E-state index in [9.17, 15) is 9.18 Å². The maximum absolute atomic E-state index is 13.5. The lowest BCUT2D eigenvalue weighted by molar-refractivity contribution is 0.0886. The van der Waals surface area contributed by atoms with Crippen molar-refractivity contribution in [3.05, 3.63) is 29.6 Å². The quantitative estimate of drug-likeness (QED) is 0.764. The number of nitrogens with two attached hydrogens (primary N) is 1. The smallest absolute Gasteiger partial charge is 0.254 e. The van der Waals surface area contributed by atoms with Crippen molar-refractivity contribution in [2.75, 3.05) is 18.9 Å². The molecule has 1 aromatic carbocycles. The highest BCUT2D eigenvalue weighted by atomic mass is 19.1. The number of nitrogens with one attached hydrogen (secondary N) is 1. The van der Waals surface area contributed by atoms with Gasteiger partial charge < -0.3 is 15.8 Å². The maximum Gasteiger partial charge on any atom is 0.254 e. The van der Waals surface area contributed by atoms with Gasteiger partial charge in [0.2, 0.25) is 0 Å². The Labute approximate surface area is 98.9 Å². The summed E-state index contributed by atoms with van der Waals surface area (Å²) in [6.07, 6.45) is 0.731. The van der Waals surface area contributed by atoms with Crippen LogP contribution in [0.15, 0.2) is 18.2 Å². The minimum absolute atomic E-state index is 0.00678. The normalized spacial score (nSPS) is 23.6. The van der Waals surface area contributed by atoms with Crippen molar-refractivity contribution in [1.82, 2.24) is 5.32 Å². The second-order valence-corrected chi connectivity index (χ2v) is 4.56. The molecule has 1 fully saturated rings. The number of carbonyl (C=O) groups excluding carboxylic acids is 1. The summed E-state index contributed by atoms with van der Waals surface area (Å²) in [4.78, 5) is 11.9. The summed E-state index contributed by atoms with van der Waals surface area (Å²) in [5.41, 5.74) is 5.32. The average molecular weight is 238 g/mol. The van der Waals surface area contributed by atoms with Gasteiger partial charge in [0.15, 0.2) is 0 Å². The van der Waals surface area contributed by atoms with Crippen LogP contribution in [0.25, 0.3) is 0 Å². The number of anilines is 1. The van der Waals surface area contributed by atoms with Gasteiger partial charge in [0.1, 0.15) is 5.82 Å². The first kappa shape index (κ1) is 11.9. The fourth-order valence-electron chi connectivity index (χ4n) is 1.82. The predicted octanol–water partition coefficient (Wildman–Crippen LogP) is 1.32. The van der Waals surface area contributed by atoms with Crippen molar-refractivity contribution in [3.8, 4) is 0 Å². The number of carbonyl (C=O) groups is 1. The molecular formula is C12H15FN2O2. The monoisotopic (exact) mass is 238 g/mol. The lowest BCUT2D eigenvalue weighted by Gasteiger charge is -2.23. The molecule has 1 aliphatic rings. The van der Waals surface area contributed by atoms with Gasteiger partial charge in [-0.2, -0.15) is 0 Å². The molecule has 1 atom stereocenters. The van der Waals surface area contributed by atoms with E-state index in [0.29, 0.717) is 18.9 Å². The van der Waals surface area contributed by atoms with E-state index in [4.69, 9.17) is 10.5 Å². The number of hydrogen-bond acceptors (Lipinski definition) is 3. The number of halogens is 1. The van der Waals surface area contributed by atoms with Crippen molar-refractivity contribution in [1.29, 1.82) is 0 Å². The van der Waals surface area contributed by atoms with Crippen LogP contribution in [0.2, 0.25) is 0 Å². The summed E-state index contributed by atoms with van der Waals surface area (Å²) in [5, 5.41) is 2.79. The third kappa shape index (κ3) is 2.55. The molecule has 0 saturated carbocycles. The topological polar surface area (TPSA) is 64.4 Å². The van der Waals surface area contributed by atoms with Gasteiger partial charge in [-0.15, -0.1) is 0 Å². The van der Waals surface area contributed by atoms with E-state index < -0.39 is 17.3 Å². The van der Waals surface area contributed by atoms with Crippen LogP contribution >= 0.6 is 0 Å². The van der Waals surface area contributed by atoms with E-state index in [1.54, 1.807) is 0 Å². The van der Waals surface area contributed by atoms with E-state index in [0.717, 1.165) is 12.5 Å². The molecule has 0 aliphatic carbocycles. The van der Waals surface area contributed by atoms with E-state index in [2.05, 4.69) is 5.32 Å². The van der Waals surface area contributed by atoms with Crippen molar-refractivity contribution >= 4 is 11.6 Å². The summed E-state index contributed by atoms with van der Waals surface area (Å²) in [6.45, 7) is 2.95. The minimum atomic E-state index is -0.606. The van der Waals surface area contributed by atoms with E-state index in [-0.39, 0.29) is 5.56 Å². The number of rotatable bonds is 2. The molecule has 92 valence electrons. The largest absolute Gasteiger partial charge is 0.399 e. The van der Waals surface area contributed by atoms with Gasteiger partial charge in [0, 0.05) is 12.3 Å². The van der Waals surface area contributed by atoms with Gasteiger partial charge in [-0.3, -0.25) is 4.79 Å². The van der Waals surface area contributed by atoms with E-state index >= 15 is 0 Å². The Hall–Kier alpha value is -1.62. The number of hydrogen-bond donors (Lipinski definition) is 2.